The normalized spacial score (nSPS) is 14.1. The molecule has 2 aromatic carbocycles. The molecule has 4 aromatic rings. The summed E-state index contributed by atoms with van der Waals surface area (Å²) in [6.07, 6.45) is 3.43. The molecule has 0 unspecified atom stereocenters. The Morgan fingerprint density at radius 3 is 2.55 bits per heavy atom. The van der Waals surface area contributed by atoms with E-state index in [0.717, 1.165) is 46.8 Å². The third-order valence-electron chi connectivity index (χ3n) is 5.61. The maximum Gasteiger partial charge on any atom is 0.233 e. The smallest absolute Gasteiger partial charge is 0.233 e. The van der Waals surface area contributed by atoms with Gasteiger partial charge in [0.15, 0.2) is 9.50 Å². The number of carbonyl (C=O) groups excluding carboxylic acids is 1. The fourth-order valence-corrected chi connectivity index (χ4v) is 6.72. The standard InChI is InChI=1S/C24H25N5OS3/c30-22(28-13-7-2-8-14-28)17-31-23-27-26-21(29(23)15-18-9-3-1-4-10-18)16-32-24-25-19-11-5-6-12-20(19)33-24/h1,3-6,9-12H,2,7-8,13-17H2. The van der Waals surface area contributed by atoms with E-state index in [9.17, 15) is 4.79 Å². The lowest BCUT2D eigenvalue weighted by molar-refractivity contribution is -0.129. The number of para-hydroxylation sites is 1. The Hall–Kier alpha value is -2.36. The average Bonchev–Trinajstić information content (AvgIpc) is 3.45. The average molecular weight is 496 g/mol. The first-order valence-electron chi connectivity index (χ1n) is 11.1. The summed E-state index contributed by atoms with van der Waals surface area (Å²) in [4.78, 5) is 19.4. The first kappa shape index (κ1) is 22.4. The van der Waals surface area contributed by atoms with E-state index in [1.165, 1.54) is 28.4 Å². The summed E-state index contributed by atoms with van der Waals surface area (Å²) in [6.45, 7) is 2.43. The first-order valence-corrected chi connectivity index (χ1v) is 13.9. The van der Waals surface area contributed by atoms with E-state index in [-0.39, 0.29) is 5.91 Å². The first-order chi connectivity index (χ1) is 16.3. The molecule has 6 nitrogen and oxygen atoms in total. The van der Waals surface area contributed by atoms with Crippen molar-refractivity contribution in [2.75, 3.05) is 18.8 Å². The van der Waals surface area contributed by atoms with Gasteiger partial charge in [-0.1, -0.05) is 66.0 Å². The number of fused-ring (bicyclic) bond motifs is 1. The van der Waals surface area contributed by atoms with Crippen LogP contribution < -0.4 is 0 Å². The molecule has 0 saturated carbocycles. The predicted molar refractivity (Wildman–Crippen MR) is 136 cm³/mol. The number of thiazole rings is 1. The van der Waals surface area contributed by atoms with Gasteiger partial charge in [0, 0.05) is 13.1 Å². The molecule has 9 heteroatoms. The van der Waals surface area contributed by atoms with Crippen LogP contribution in [0.1, 0.15) is 30.7 Å². The summed E-state index contributed by atoms with van der Waals surface area (Å²) in [7, 11) is 0. The number of amides is 1. The molecule has 0 radical (unpaired) electrons. The maximum atomic E-state index is 12.7. The van der Waals surface area contributed by atoms with Crippen molar-refractivity contribution in [2.45, 2.75) is 41.1 Å². The van der Waals surface area contributed by atoms with Crippen LogP contribution in [-0.4, -0.2) is 49.4 Å². The van der Waals surface area contributed by atoms with Crippen molar-refractivity contribution in [3.05, 3.63) is 66.0 Å². The number of benzene rings is 2. The Balaban J connectivity index is 1.31. The van der Waals surface area contributed by atoms with Gasteiger partial charge in [0.2, 0.25) is 5.91 Å². The highest BCUT2D eigenvalue weighted by atomic mass is 32.2. The fraction of sp³-hybridized carbons (Fsp3) is 0.333. The monoisotopic (exact) mass is 495 g/mol. The molecule has 1 aliphatic rings. The van der Waals surface area contributed by atoms with Crippen molar-refractivity contribution in [3.63, 3.8) is 0 Å². The molecule has 0 bridgehead atoms. The zero-order chi connectivity index (χ0) is 22.5. The number of piperidine rings is 1. The summed E-state index contributed by atoms with van der Waals surface area (Å²) < 4.78 is 4.36. The van der Waals surface area contributed by atoms with E-state index in [1.807, 2.05) is 41.3 Å². The summed E-state index contributed by atoms with van der Waals surface area (Å²) in [6, 6.07) is 18.5. The summed E-state index contributed by atoms with van der Waals surface area (Å²) in [5.41, 5.74) is 2.22. The number of hydrogen-bond acceptors (Lipinski definition) is 7. The second kappa shape index (κ2) is 10.7. The van der Waals surface area contributed by atoms with Gasteiger partial charge in [-0.15, -0.1) is 21.5 Å². The second-order valence-electron chi connectivity index (χ2n) is 7.94. The molecule has 5 rings (SSSR count). The summed E-state index contributed by atoms with van der Waals surface area (Å²) in [5.74, 6) is 2.17. The van der Waals surface area contributed by atoms with Gasteiger partial charge in [0.05, 0.1) is 28.3 Å². The van der Waals surface area contributed by atoms with Gasteiger partial charge in [-0.25, -0.2) is 4.98 Å². The number of carbonyl (C=O) groups is 1. The Morgan fingerprint density at radius 1 is 0.939 bits per heavy atom. The molecule has 0 N–H and O–H groups in total. The van der Waals surface area contributed by atoms with Crippen LogP contribution in [0.25, 0.3) is 10.2 Å². The van der Waals surface area contributed by atoms with Gasteiger partial charge in [-0.05, 0) is 37.0 Å². The fourth-order valence-electron chi connectivity index (χ4n) is 3.86. The van der Waals surface area contributed by atoms with Crippen molar-refractivity contribution >= 4 is 51.0 Å². The number of thioether (sulfide) groups is 2. The topological polar surface area (TPSA) is 63.9 Å². The van der Waals surface area contributed by atoms with E-state index in [2.05, 4.69) is 33.0 Å². The van der Waals surface area contributed by atoms with Crippen LogP contribution in [-0.2, 0) is 17.1 Å². The van der Waals surface area contributed by atoms with Crippen LogP contribution >= 0.6 is 34.9 Å². The van der Waals surface area contributed by atoms with E-state index < -0.39 is 0 Å². The number of likely N-dealkylation sites (tertiary alicyclic amines) is 1. The van der Waals surface area contributed by atoms with E-state index in [1.54, 1.807) is 23.1 Å². The molecule has 1 aliphatic heterocycles. The van der Waals surface area contributed by atoms with Gasteiger partial charge >= 0.3 is 0 Å². The Bertz CT molecular complexity index is 1180. The third-order valence-corrected chi connectivity index (χ3v) is 8.74. The molecule has 2 aromatic heterocycles. The lowest BCUT2D eigenvalue weighted by Crippen LogP contribution is -2.36. The highest BCUT2D eigenvalue weighted by molar-refractivity contribution is 8.00. The molecule has 0 spiro atoms. The minimum absolute atomic E-state index is 0.194. The molecule has 0 atom stereocenters. The van der Waals surface area contributed by atoms with Crippen molar-refractivity contribution in [3.8, 4) is 0 Å². The molecule has 0 aliphatic carbocycles. The van der Waals surface area contributed by atoms with Crippen LogP contribution in [0.15, 0.2) is 64.1 Å². The predicted octanol–water partition coefficient (Wildman–Crippen LogP) is 5.33. The van der Waals surface area contributed by atoms with Crippen LogP contribution in [0.4, 0.5) is 0 Å². The number of rotatable bonds is 8. The van der Waals surface area contributed by atoms with Crippen LogP contribution in [0.2, 0.25) is 0 Å². The number of nitrogens with zero attached hydrogens (tertiary/aromatic N) is 5. The molecule has 3 heterocycles. The Labute approximate surface area is 205 Å². The van der Waals surface area contributed by atoms with Gasteiger partial charge in [0.25, 0.3) is 0 Å². The molecule has 170 valence electrons. The van der Waals surface area contributed by atoms with Gasteiger partial charge in [-0.2, -0.15) is 0 Å². The highest BCUT2D eigenvalue weighted by Crippen LogP contribution is 2.32. The minimum Gasteiger partial charge on any atom is -0.342 e. The quantitative estimate of drug-likeness (QED) is 0.308. The molecular formula is C24H25N5OS3. The Kier molecular flexibility index (Phi) is 7.28. The molecule has 33 heavy (non-hydrogen) atoms. The van der Waals surface area contributed by atoms with Crippen LogP contribution in [0.3, 0.4) is 0 Å². The zero-order valence-electron chi connectivity index (χ0n) is 18.2. The van der Waals surface area contributed by atoms with Gasteiger partial charge < -0.3 is 9.47 Å². The molecular weight excluding hydrogens is 470 g/mol. The van der Waals surface area contributed by atoms with Crippen LogP contribution in [0.5, 0.6) is 0 Å². The van der Waals surface area contributed by atoms with Crippen molar-refractivity contribution in [2.24, 2.45) is 0 Å². The second-order valence-corrected chi connectivity index (χ2v) is 11.1. The zero-order valence-corrected chi connectivity index (χ0v) is 20.7. The van der Waals surface area contributed by atoms with Crippen molar-refractivity contribution in [1.82, 2.24) is 24.6 Å². The lowest BCUT2D eigenvalue weighted by atomic mass is 10.1. The third kappa shape index (κ3) is 5.59. The largest absolute Gasteiger partial charge is 0.342 e. The number of aromatic nitrogens is 4. The molecule has 1 fully saturated rings. The SMILES string of the molecule is O=C(CSc1nnc(CSc2nc3ccccc3s2)n1Cc1ccccc1)N1CCCCC1. The van der Waals surface area contributed by atoms with Crippen molar-refractivity contribution in [1.29, 1.82) is 0 Å². The molecule has 1 saturated heterocycles. The van der Waals surface area contributed by atoms with E-state index >= 15 is 0 Å². The number of hydrogen-bond donors (Lipinski definition) is 0. The molecule has 1 amide bonds. The van der Waals surface area contributed by atoms with E-state index in [0.29, 0.717) is 18.1 Å². The maximum absolute atomic E-state index is 12.7. The van der Waals surface area contributed by atoms with Gasteiger partial charge in [-0.3, -0.25) is 4.79 Å². The summed E-state index contributed by atoms with van der Waals surface area (Å²) >= 11 is 4.88. The van der Waals surface area contributed by atoms with Crippen molar-refractivity contribution < 1.29 is 4.79 Å². The summed E-state index contributed by atoms with van der Waals surface area (Å²) in [5, 5.41) is 9.75. The van der Waals surface area contributed by atoms with Crippen LogP contribution in [0, 0.1) is 0 Å². The Morgan fingerprint density at radius 2 is 1.73 bits per heavy atom. The lowest BCUT2D eigenvalue weighted by Gasteiger charge is -2.26. The minimum atomic E-state index is 0.194. The van der Waals surface area contributed by atoms with Gasteiger partial charge in [0.1, 0.15) is 5.82 Å². The highest BCUT2D eigenvalue weighted by Gasteiger charge is 2.20. The van der Waals surface area contributed by atoms with E-state index in [4.69, 9.17) is 4.98 Å².